The molecule has 1 aromatic carbocycles. The van der Waals surface area contributed by atoms with Crippen LogP contribution in [0.4, 0.5) is 0 Å². The molecule has 0 spiro atoms. The van der Waals surface area contributed by atoms with E-state index in [-0.39, 0.29) is 28.7 Å². The summed E-state index contributed by atoms with van der Waals surface area (Å²) in [6, 6.07) is 11.0. The van der Waals surface area contributed by atoms with E-state index in [2.05, 4.69) is 31.1 Å². The monoisotopic (exact) mass is 445 g/mol. The lowest BCUT2D eigenvalue weighted by Gasteiger charge is -2.31. The molecule has 2 aromatic rings. The van der Waals surface area contributed by atoms with Crippen molar-refractivity contribution in [2.75, 3.05) is 26.2 Å². The number of ether oxygens (including phenoxy) is 1. The predicted molar refractivity (Wildman–Crippen MR) is 119 cm³/mol. The van der Waals surface area contributed by atoms with Gasteiger partial charge in [0.05, 0.1) is 0 Å². The Bertz CT molecular complexity index is 962. The molecule has 1 amide bonds. The van der Waals surface area contributed by atoms with Gasteiger partial charge in [0.15, 0.2) is 6.61 Å². The second-order valence-corrected chi connectivity index (χ2v) is 10.8. The van der Waals surface area contributed by atoms with Gasteiger partial charge in [-0.05, 0) is 54.0 Å². The van der Waals surface area contributed by atoms with Crippen molar-refractivity contribution >= 4 is 15.9 Å². The average Bonchev–Trinajstić information content (AvgIpc) is 2.77. The largest absolute Gasteiger partial charge is 0.484 e. The van der Waals surface area contributed by atoms with Crippen molar-refractivity contribution in [2.24, 2.45) is 5.92 Å². The smallest absolute Gasteiger partial charge is 0.257 e. The summed E-state index contributed by atoms with van der Waals surface area (Å²) in [4.78, 5) is 16.3. The molecule has 1 aromatic heterocycles. The molecule has 0 aliphatic carbocycles. The molecule has 1 fully saturated rings. The maximum Gasteiger partial charge on any atom is 0.257 e. The Morgan fingerprint density at radius 3 is 2.42 bits per heavy atom. The topological polar surface area (TPSA) is 88.6 Å². The SMILES string of the molecule is CC(C)(C)c1ccc(OCC(=O)NCC2CCN(S(=O)(=O)c3cccnc3)CC2)cc1. The van der Waals surface area contributed by atoms with Gasteiger partial charge in [0.25, 0.3) is 5.91 Å². The van der Waals surface area contributed by atoms with E-state index in [0.29, 0.717) is 38.2 Å². The minimum Gasteiger partial charge on any atom is -0.484 e. The van der Waals surface area contributed by atoms with E-state index in [1.165, 1.54) is 16.1 Å². The molecule has 2 heterocycles. The van der Waals surface area contributed by atoms with Crippen LogP contribution in [0.25, 0.3) is 0 Å². The highest BCUT2D eigenvalue weighted by Crippen LogP contribution is 2.25. The van der Waals surface area contributed by atoms with E-state index >= 15 is 0 Å². The highest BCUT2D eigenvalue weighted by molar-refractivity contribution is 7.89. The van der Waals surface area contributed by atoms with E-state index < -0.39 is 10.0 Å². The molecule has 1 N–H and O–H groups in total. The maximum atomic E-state index is 12.7. The van der Waals surface area contributed by atoms with Crippen LogP contribution in [0, 0.1) is 5.92 Å². The first-order valence-electron chi connectivity index (χ1n) is 10.6. The van der Waals surface area contributed by atoms with Crippen molar-refractivity contribution in [2.45, 2.75) is 43.9 Å². The van der Waals surface area contributed by atoms with Gasteiger partial charge in [-0.2, -0.15) is 4.31 Å². The third kappa shape index (κ3) is 6.27. The molecular formula is C23H31N3O4S. The van der Waals surface area contributed by atoms with Crippen molar-refractivity contribution in [3.05, 3.63) is 54.4 Å². The summed E-state index contributed by atoms with van der Waals surface area (Å²) in [5.41, 5.74) is 1.28. The molecular weight excluding hydrogens is 414 g/mol. The number of hydrogen-bond donors (Lipinski definition) is 1. The third-order valence-electron chi connectivity index (χ3n) is 5.52. The number of carbonyl (C=O) groups excluding carboxylic acids is 1. The number of rotatable bonds is 7. The van der Waals surface area contributed by atoms with Gasteiger partial charge >= 0.3 is 0 Å². The van der Waals surface area contributed by atoms with Crippen molar-refractivity contribution < 1.29 is 17.9 Å². The van der Waals surface area contributed by atoms with Gasteiger partial charge in [-0.3, -0.25) is 9.78 Å². The summed E-state index contributed by atoms with van der Waals surface area (Å²) in [5, 5.41) is 2.90. The zero-order valence-corrected chi connectivity index (χ0v) is 19.2. The first-order valence-corrected chi connectivity index (χ1v) is 12.0. The predicted octanol–water partition coefficient (Wildman–Crippen LogP) is 2.98. The molecule has 1 aliphatic heterocycles. The first-order chi connectivity index (χ1) is 14.7. The van der Waals surface area contributed by atoms with E-state index in [9.17, 15) is 13.2 Å². The van der Waals surface area contributed by atoms with Crippen molar-refractivity contribution in [1.82, 2.24) is 14.6 Å². The lowest BCUT2D eigenvalue weighted by molar-refractivity contribution is -0.123. The number of nitrogens with one attached hydrogen (secondary N) is 1. The molecule has 0 unspecified atom stereocenters. The zero-order valence-electron chi connectivity index (χ0n) is 18.4. The lowest BCUT2D eigenvalue weighted by atomic mass is 9.87. The minimum absolute atomic E-state index is 0.0386. The Morgan fingerprint density at radius 2 is 1.84 bits per heavy atom. The number of aromatic nitrogens is 1. The quantitative estimate of drug-likeness (QED) is 0.708. The third-order valence-corrected chi connectivity index (χ3v) is 7.41. The summed E-state index contributed by atoms with van der Waals surface area (Å²) >= 11 is 0. The van der Waals surface area contributed by atoms with Gasteiger partial charge in [-0.25, -0.2) is 8.42 Å². The fourth-order valence-corrected chi connectivity index (χ4v) is 4.95. The van der Waals surface area contributed by atoms with Crippen LogP contribution in [0.3, 0.4) is 0 Å². The van der Waals surface area contributed by atoms with Gasteiger partial charge in [0.1, 0.15) is 10.6 Å². The van der Waals surface area contributed by atoms with Crippen molar-refractivity contribution in [3.8, 4) is 5.75 Å². The number of pyridine rings is 1. The molecule has 0 saturated carbocycles. The molecule has 168 valence electrons. The summed E-state index contributed by atoms with van der Waals surface area (Å²) in [5.74, 6) is 0.734. The minimum atomic E-state index is -3.50. The Labute approximate surface area is 184 Å². The van der Waals surface area contributed by atoms with Gasteiger partial charge in [-0.1, -0.05) is 32.9 Å². The van der Waals surface area contributed by atoms with Crippen LogP contribution in [-0.2, 0) is 20.2 Å². The van der Waals surface area contributed by atoms with Crippen LogP contribution in [0.15, 0.2) is 53.7 Å². The average molecular weight is 446 g/mol. The fraction of sp³-hybridized carbons (Fsp3) is 0.478. The summed E-state index contributed by atoms with van der Waals surface area (Å²) < 4.78 is 32.4. The molecule has 31 heavy (non-hydrogen) atoms. The molecule has 0 bridgehead atoms. The first kappa shape index (κ1) is 23.2. The van der Waals surface area contributed by atoms with E-state index in [1.54, 1.807) is 18.3 Å². The fourth-order valence-electron chi connectivity index (χ4n) is 3.51. The van der Waals surface area contributed by atoms with Gasteiger partial charge in [0.2, 0.25) is 10.0 Å². The van der Waals surface area contributed by atoms with Crippen LogP contribution in [0.1, 0.15) is 39.2 Å². The summed E-state index contributed by atoms with van der Waals surface area (Å²) in [6.07, 6.45) is 4.33. The highest BCUT2D eigenvalue weighted by atomic mass is 32.2. The molecule has 1 saturated heterocycles. The molecule has 1 aliphatic rings. The maximum absolute atomic E-state index is 12.7. The number of carbonyl (C=O) groups is 1. The molecule has 0 atom stereocenters. The van der Waals surface area contributed by atoms with Gasteiger partial charge in [-0.15, -0.1) is 0 Å². The van der Waals surface area contributed by atoms with E-state index in [0.717, 1.165) is 0 Å². The lowest BCUT2D eigenvalue weighted by Crippen LogP contribution is -2.42. The Balaban J connectivity index is 1.40. The second kappa shape index (κ2) is 9.78. The number of piperidine rings is 1. The summed E-state index contributed by atoms with van der Waals surface area (Å²) in [6.45, 7) is 7.80. The van der Waals surface area contributed by atoms with E-state index in [4.69, 9.17) is 4.74 Å². The van der Waals surface area contributed by atoms with Crippen molar-refractivity contribution in [1.29, 1.82) is 0 Å². The highest BCUT2D eigenvalue weighted by Gasteiger charge is 2.29. The number of nitrogens with zero attached hydrogens (tertiary/aromatic N) is 2. The Kier molecular flexibility index (Phi) is 7.33. The second-order valence-electron chi connectivity index (χ2n) is 8.90. The van der Waals surface area contributed by atoms with Crippen LogP contribution < -0.4 is 10.1 Å². The van der Waals surface area contributed by atoms with E-state index in [1.807, 2.05) is 24.3 Å². The molecule has 8 heteroatoms. The van der Waals surface area contributed by atoms with Crippen LogP contribution in [0.2, 0.25) is 0 Å². The Morgan fingerprint density at radius 1 is 1.16 bits per heavy atom. The number of amides is 1. The molecule has 0 radical (unpaired) electrons. The summed E-state index contributed by atoms with van der Waals surface area (Å²) in [7, 11) is -3.50. The zero-order chi connectivity index (χ0) is 22.5. The number of hydrogen-bond acceptors (Lipinski definition) is 5. The van der Waals surface area contributed by atoms with Gasteiger partial charge < -0.3 is 10.1 Å². The van der Waals surface area contributed by atoms with Gasteiger partial charge in [0, 0.05) is 32.0 Å². The molecule has 3 rings (SSSR count). The standard InChI is InChI=1S/C23H31N3O4S/c1-23(2,3)19-6-8-20(9-7-19)30-17-22(27)25-15-18-10-13-26(14-11-18)31(28,29)21-5-4-12-24-16-21/h4-9,12,16,18H,10-11,13-15,17H2,1-3H3,(H,25,27). The van der Waals surface area contributed by atoms with Crippen LogP contribution in [-0.4, -0.2) is 49.9 Å². The number of sulfonamides is 1. The van der Waals surface area contributed by atoms with Crippen molar-refractivity contribution in [3.63, 3.8) is 0 Å². The van der Waals surface area contributed by atoms with Crippen LogP contribution >= 0.6 is 0 Å². The Hall–Kier alpha value is -2.45. The normalized spacial score (nSPS) is 16.1. The number of benzene rings is 1. The van der Waals surface area contributed by atoms with Crippen LogP contribution in [0.5, 0.6) is 5.75 Å². The molecule has 7 nitrogen and oxygen atoms in total.